The molecule has 0 aliphatic rings. The summed E-state index contributed by atoms with van der Waals surface area (Å²) in [5.41, 5.74) is 0. The molecule has 0 aliphatic carbocycles. The van der Waals surface area contributed by atoms with Crippen LogP contribution in [0.5, 0.6) is 0 Å². The number of hydrogen-bond donors (Lipinski definition) is 1. The summed E-state index contributed by atoms with van der Waals surface area (Å²) in [6, 6.07) is 0. The normalized spacial score (nSPS) is 14.2. The number of alkyl halides is 3. The maximum Gasteiger partial charge on any atom is 0.388 e. The Hall–Kier alpha value is -0.0331. The smallest absolute Gasteiger partial charge is 0.388 e. The lowest BCUT2D eigenvalue weighted by Gasteiger charge is -2.16. The second kappa shape index (κ2) is 1.73. The van der Waals surface area contributed by atoms with Gasteiger partial charge in [0.15, 0.2) is 0 Å². The van der Waals surface area contributed by atoms with Gasteiger partial charge in [0.1, 0.15) is 0 Å². The Morgan fingerprint density at radius 2 is 1.38 bits per heavy atom. The van der Waals surface area contributed by atoms with Gasteiger partial charge in [0.05, 0.1) is 0 Å². The molecular weight excluding hydrogens is 137 g/mol. The van der Waals surface area contributed by atoms with Gasteiger partial charge >= 0.3 is 14.1 Å². The quantitative estimate of drug-likeness (QED) is 0.508. The third-order valence-electron chi connectivity index (χ3n) is 0.694. The van der Waals surface area contributed by atoms with Crippen LogP contribution in [0.4, 0.5) is 13.2 Å². The molecule has 0 aromatic rings. The Morgan fingerprint density at radius 3 is 1.38 bits per heavy atom. The molecule has 0 aromatic carbocycles. The van der Waals surface area contributed by atoms with E-state index in [1.54, 1.807) is 0 Å². The highest BCUT2D eigenvalue weighted by Crippen LogP contribution is 2.25. The first-order chi connectivity index (χ1) is 3.25. The Labute approximate surface area is 46.3 Å². The molecule has 5 heteroatoms. The Bertz CT molecular complexity index is 69.5. The highest BCUT2D eigenvalue weighted by atomic mass is 28.4. The highest BCUT2D eigenvalue weighted by Gasteiger charge is 2.48. The van der Waals surface area contributed by atoms with E-state index in [9.17, 15) is 13.2 Å². The molecule has 0 heterocycles. The lowest BCUT2D eigenvalue weighted by molar-refractivity contribution is -0.0678. The van der Waals surface area contributed by atoms with E-state index in [-0.39, 0.29) is 0 Å². The van der Waals surface area contributed by atoms with Gasteiger partial charge in [0, 0.05) is 0 Å². The molecule has 8 heavy (non-hydrogen) atoms. The molecule has 0 aliphatic heterocycles. The molecular formula is C3H7F3OSi. The minimum absolute atomic E-state index is 0.840. The van der Waals surface area contributed by atoms with E-state index in [2.05, 4.69) is 0 Å². The van der Waals surface area contributed by atoms with Gasteiger partial charge in [0.25, 0.3) is 0 Å². The van der Waals surface area contributed by atoms with E-state index >= 15 is 0 Å². The zero-order valence-corrected chi connectivity index (χ0v) is 5.58. The second-order valence-electron chi connectivity index (χ2n) is 2.06. The molecule has 0 bridgehead atoms. The van der Waals surface area contributed by atoms with Gasteiger partial charge in [-0.2, -0.15) is 13.2 Å². The zero-order chi connectivity index (χ0) is 7.00. The SMILES string of the molecule is C[Si](C)(O)C(F)(F)F. The molecule has 0 saturated heterocycles. The molecule has 1 N–H and O–H groups in total. The highest BCUT2D eigenvalue weighted by molar-refractivity contribution is 6.71. The summed E-state index contributed by atoms with van der Waals surface area (Å²) in [5, 5.41) is 0. The van der Waals surface area contributed by atoms with Gasteiger partial charge in [-0.1, -0.05) is 0 Å². The van der Waals surface area contributed by atoms with Crippen LogP contribution < -0.4 is 0 Å². The van der Waals surface area contributed by atoms with E-state index in [0.717, 1.165) is 13.1 Å². The van der Waals surface area contributed by atoms with E-state index in [1.807, 2.05) is 0 Å². The Balaban J connectivity index is 4.02. The lowest BCUT2D eigenvalue weighted by Crippen LogP contribution is -2.44. The number of rotatable bonds is 0. The molecule has 0 radical (unpaired) electrons. The van der Waals surface area contributed by atoms with Gasteiger partial charge in [0.2, 0.25) is 0 Å². The average molecular weight is 144 g/mol. The molecule has 0 spiro atoms. The minimum Gasteiger partial charge on any atom is -0.425 e. The van der Waals surface area contributed by atoms with E-state index in [4.69, 9.17) is 4.80 Å². The summed E-state index contributed by atoms with van der Waals surface area (Å²) in [6.45, 7) is 1.68. The summed E-state index contributed by atoms with van der Waals surface area (Å²) >= 11 is 0. The van der Waals surface area contributed by atoms with Gasteiger partial charge in [-0.3, -0.25) is 0 Å². The van der Waals surface area contributed by atoms with Crippen LogP contribution in [0.3, 0.4) is 0 Å². The van der Waals surface area contributed by atoms with Crippen LogP contribution in [-0.4, -0.2) is 18.9 Å². The van der Waals surface area contributed by atoms with E-state index in [1.165, 1.54) is 0 Å². The summed E-state index contributed by atoms with van der Waals surface area (Å²) in [4.78, 5) is 8.37. The standard InChI is InChI=1S/C3H7F3OSi/c1-8(2,7)3(4,5)6/h7H,1-2H3. The third-order valence-corrected chi connectivity index (χ3v) is 2.08. The Kier molecular flexibility index (Phi) is 1.72. The van der Waals surface area contributed by atoms with E-state index in [0.29, 0.717) is 0 Å². The van der Waals surface area contributed by atoms with Crippen LogP contribution >= 0.6 is 0 Å². The first-order valence-electron chi connectivity index (χ1n) is 2.04. The van der Waals surface area contributed by atoms with Crippen molar-refractivity contribution in [3.05, 3.63) is 0 Å². The summed E-state index contributed by atoms with van der Waals surface area (Å²) in [7, 11) is -3.86. The molecule has 0 aromatic heterocycles. The molecule has 0 atom stereocenters. The van der Waals surface area contributed by atoms with Crippen LogP contribution in [0.2, 0.25) is 13.1 Å². The summed E-state index contributed by atoms with van der Waals surface area (Å²) in [6.07, 6.45) is 0. The van der Waals surface area contributed by atoms with Crippen molar-refractivity contribution in [2.24, 2.45) is 0 Å². The molecule has 0 fully saturated rings. The predicted molar refractivity (Wildman–Crippen MR) is 25.8 cm³/mol. The van der Waals surface area contributed by atoms with Crippen molar-refractivity contribution in [2.75, 3.05) is 0 Å². The number of halogens is 3. The zero-order valence-electron chi connectivity index (χ0n) is 4.58. The molecule has 0 unspecified atom stereocenters. The minimum atomic E-state index is -4.37. The monoisotopic (exact) mass is 144 g/mol. The fraction of sp³-hybridized carbons (Fsp3) is 1.00. The van der Waals surface area contributed by atoms with Crippen LogP contribution in [0.15, 0.2) is 0 Å². The average Bonchev–Trinajstić information content (AvgIpc) is 1.25. The Morgan fingerprint density at radius 1 is 1.25 bits per heavy atom. The molecule has 0 rings (SSSR count). The maximum atomic E-state index is 11.4. The van der Waals surface area contributed by atoms with Gasteiger partial charge in [-0.05, 0) is 13.1 Å². The van der Waals surface area contributed by atoms with Crippen molar-refractivity contribution in [1.29, 1.82) is 0 Å². The van der Waals surface area contributed by atoms with Crippen molar-refractivity contribution in [2.45, 2.75) is 18.9 Å². The predicted octanol–water partition coefficient (Wildman–Crippen LogP) is 1.29. The van der Waals surface area contributed by atoms with Gasteiger partial charge in [-0.15, -0.1) is 0 Å². The van der Waals surface area contributed by atoms with Crippen molar-refractivity contribution in [3.63, 3.8) is 0 Å². The van der Waals surface area contributed by atoms with Gasteiger partial charge in [-0.25, -0.2) is 0 Å². The molecule has 0 saturated carbocycles. The van der Waals surface area contributed by atoms with Crippen LogP contribution in [0.1, 0.15) is 0 Å². The summed E-state index contributed by atoms with van der Waals surface area (Å²) < 4.78 is 34.1. The van der Waals surface area contributed by atoms with E-state index < -0.39 is 14.1 Å². The first-order valence-corrected chi connectivity index (χ1v) is 4.99. The van der Waals surface area contributed by atoms with Crippen LogP contribution in [-0.2, 0) is 0 Å². The fourth-order valence-electron chi connectivity index (χ4n) is 0. The van der Waals surface area contributed by atoms with Crippen molar-refractivity contribution >= 4 is 8.32 Å². The fourth-order valence-corrected chi connectivity index (χ4v) is 0. The molecule has 0 amide bonds. The van der Waals surface area contributed by atoms with Crippen molar-refractivity contribution in [1.82, 2.24) is 0 Å². The lowest BCUT2D eigenvalue weighted by atomic mass is 11.5. The van der Waals surface area contributed by atoms with Crippen LogP contribution in [0, 0.1) is 0 Å². The van der Waals surface area contributed by atoms with Gasteiger partial charge < -0.3 is 4.80 Å². The summed E-state index contributed by atoms with van der Waals surface area (Å²) in [5.74, 6) is -4.37. The van der Waals surface area contributed by atoms with Crippen molar-refractivity contribution in [3.8, 4) is 0 Å². The molecule has 50 valence electrons. The third kappa shape index (κ3) is 1.83. The first kappa shape index (κ1) is 7.97. The topological polar surface area (TPSA) is 20.2 Å². The van der Waals surface area contributed by atoms with Crippen molar-refractivity contribution < 1.29 is 18.0 Å². The second-order valence-corrected chi connectivity index (χ2v) is 5.74. The number of hydrogen-bond acceptors (Lipinski definition) is 1. The van der Waals surface area contributed by atoms with Crippen LogP contribution in [0.25, 0.3) is 0 Å². The maximum absolute atomic E-state index is 11.4. The largest absolute Gasteiger partial charge is 0.425 e. The molecule has 1 nitrogen and oxygen atoms in total.